The van der Waals surface area contributed by atoms with Gasteiger partial charge < -0.3 is 9.80 Å². The summed E-state index contributed by atoms with van der Waals surface area (Å²) in [6, 6.07) is 17.8. The van der Waals surface area contributed by atoms with Crippen LogP contribution < -0.4 is 4.90 Å². The first-order valence-corrected chi connectivity index (χ1v) is 10.3. The Morgan fingerprint density at radius 1 is 0.964 bits per heavy atom. The molecule has 0 radical (unpaired) electrons. The fourth-order valence-electron chi connectivity index (χ4n) is 3.85. The molecule has 2 heterocycles. The highest BCUT2D eigenvalue weighted by Crippen LogP contribution is 2.28. The van der Waals surface area contributed by atoms with Crippen molar-refractivity contribution in [2.24, 2.45) is 0 Å². The number of rotatable bonds is 3. The van der Waals surface area contributed by atoms with Crippen LogP contribution in [0.5, 0.6) is 0 Å². The minimum absolute atomic E-state index is 0.0920. The van der Waals surface area contributed by atoms with Crippen LogP contribution in [0.2, 0.25) is 0 Å². The molecule has 0 bridgehead atoms. The molecule has 0 N–H and O–H groups in total. The smallest absolute Gasteiger partial charge is 0.254 e. The maximum Gasteiger partial charge on any atom is 0.254 e. The molecule has 0 unspecified atom stereocenters. The zero-order chi connectivity index (χ0) is 19.7. The molecule has 1 saturated heterocycles. The number of nitrogens with zero attached hydrogens (tertiary/aromatic N) is 4. The lowest BCUT2D eigenvalue weighted by molar-refractivity contribution is 0.0746. The zero-order valence-electron chi connectivity index (χ0n) is 16.1. The van der Waals surface area contributed by atoms with E-state index in [1.807, 2.05) is 52.0 Å². The first-order chi connectivity index (χ1) is 13.5. The first kappa shape index (κ1) is 18.7. The van der Waals surface area contributed by atoms with E-state index in [-0.39, 0.29) is 5.91 Å². The number of benzene rings is 2. The van der Waals surface area contributed by atoms with Gasteiger partial charge in [-0.2, -0.15) is 5.10 Å². The molecule has 1 amide bonds. The number of hydrogen-bond acceptors (Lipinski definition) is 3. The molecule has 1 fully saturated rings. The van der Waals surface area contributed by atoms with Gasteiger partial charge in [-0.15, -0.1) is 0 Å². The van der Waals surface area contributed by atoms with E-state index >= 15 is 0 Å². The van der Waals surface area contributed by atoms with Gasteiger partial charge in [0.05, 0.1) is 22.8 Å². The van der Waals surface area contributed by atoms with Gasteiger partial charge >= 0.3 is 0 Å². The van der Waals surface area contributed by atoms with E-state index in [4.69, 9.17) is 5.10 Å². The molecule has 3 aromatic rings. The van der Waals surface area contributed by atoms with Gasteiger partial charge in [0.15, 0.2) is 0 Å². The molecule has 0 atom stereocenters. The highest BCUT2D eigenvalue weighted by Gasteiger charge is 2.26. The van der Waals surface area contributed by atoms with Crippen LogP contribution >= 0.6 is 15.9 Å². The predicted molar refractivity (Wildman–Crippen MR) is 115 cm³/mol. The van der Waals surface area contributed by atoms with Crippen LogP contribution in [0.4, 0.5) is 5.69 Å². The highest BCUT2D eigenvalue weighted by molar-refractivity contribution is 9.10. The Morgan fingerprint density at radius 2 is 1.68 bits per heavy atom. The third-order valence-corrected chi connectivity index (χ3v) is 5.70. The monoisotopic (exact) mass is 438 g/mol. The zero-order valence-corrected chi connectivity index (χ0v) is 17.7. The largest absolute Gasteiger partial charge is 0.365 e. The van der Waals surface area contributed by atoms with Gasteiger partial charge in [0.25, 0.3) is 5.91 Å². The van der Waals surface area contributed by atoms with Crippen molar-refractivity contribution in [1.29, 1.82) is 0 Å². The molecule has 0 aliphatic carbocycles. The number of carbonyl (C=O) groups is 1. The van der Waals surface area contributed by atoms with Crippen molar-refractivity contribution >= 4 is 27.5 Å². The van der Waals surface area contributed by atoms with Crippen LogP contribution in [-0.2, 0) is 0 Å². The second-order valence-electron chi connectivity index (χ2n) is 7.06. The fraction of sp³-hybridized carbons (Fsp3) is 0.273. The second-order valence-corrected chi connectivity index (χ2v) is 7.97. The molecule has 1 aromatic heterocycles. The summed E-state index contributed by atoms with van der Waals surface area (Å²) in [6.07, 6.45) is 0. The number of aryl methyl sites for hydroxylation is 1. The van der Waals surface area contributed by atoms with Crippen LogP contribution in [-0.4, -0.2) is 46.8 Å². The van der Waals surface area contributed by atoms with E-state index in [0.717, 1.165) is 40.2 Å². The summed E-state index contributed by atoms with van der Waals surface area (Å²) in [5.41, 5.74) is 5.13. The molecule has 2 aromatic carbocycles. The van der Waals surface area contributed by atoms with Gasteiger partial charge in [-0.1, -0.05) is 40.2 Å². The molecule has 0 spiro atoms. The third-order valence-electron chi connectivity index (χ3n) is 5.21. The third kappa shape index (κ3) is 3.56. The summed E-state index contributed by atoms with van der Waals surface area (Å²) in [7, 11) is 0. The van der Waals surface area contributed by atoms with Crippen molar-refractivity contribution in [2.75, 3.05) is 31.1 Å². The van der Waals surface area contributed by atoms with Crippen molar-refractivity contribution in [3.8, 4) is 5.69 Å². The molecular formula is C22H23BrN4O. The summed E-state index contributed by atoms with van der Waals surface area (Å²) in [4.78, 5) is 17.1. The summed E-state index contributed by atoms with van der Waals surface area (Å²) >= 11 is 3.44. The van der Waals surface area contributed by atoms with Crippen molar-refractivity contribution in [1.82, 2.24) is 14.7 Å². The van der Waals surface area contributed by atoms with E-state index in [1.165, 1.54) is 5.69 Å². The molecule has 1 aliphatic rings. The second kappa shape index (κ2) is 7.80. The van der Waals surface area contributed by atoms with Crippen LogP contribution in [0.25, 0.3) is 5.69 Å². The summed E-state index contributed by atoms with van der Waals surface area (Å²) < 4.78 is 2.93. The Hall–Kier alpha value is -2.60. The molecule has 28 heavy (non-hydrogen) atoms. The van der Waals surface area contributed by atoms with E-state index in [0.29, 0.717) is 13.1 Å². The molecular weight excluding hydrogens is 416 g/mol. The lowest BCUT2D eigenvalue weighted by atomic mass is 10.1. The fourth-order valence-corrected chi connectivity index (χ4v) is 4.25. The van der Waals surface area contributed by atoms with Crippen LogP contribution in [0.1, 0.15) is 21.7 Å². The molecule has 4 rings (SSSR count). The Morgan fingerprint density at radius 3 is 2.36 bits per heavy atom. The number of piperazine rings is 1. The van der Waals surface area contributed by atoms with E-state index < -0.39 is 0 Å². The van der Waals surface area contributed by atoms with Crippen molar-refractivity contribution in [3.63, 3.8) is 0 Å². The number of aromatic nitrogens is 2. The summed E-state index contributed by atoms with van der Waals surface area (Å²) in [5, 5.41) is 4.76. The number of para-hydroxylation sites is 1. The molecule has 6 heteroatoms. The predicted octanol–water partition coefficient (Wildman–Crippen LogP) is 4.21. The van der Waals surface area contributed by atoms with E-state index in [2.05, 4.69) is 46.8 Å². The van der Waals surface area contributed by atoms with E-state index in [1.54, 1.807) is 0 Å². The summed E-state index contributed by atoms with van der Waals surface area (Å²) in [6.45, 7) is 7.20. The molecule has 144 valence electrons. The van der Waals surface area contributed by atoms with Crippen LogP contribution in [0.15, 0.2) is 59.1 Å². The van der Waals surface area contributed by atoms with Gasteiger partial charge in [0, 0.05) is 36.2 Å². The topological polar surface area (TPSA) is 41.4 Å². The van der Waals surface area contributed by atoms with Gasteiger partial charge in [-0.3, -0.25) is 4.79 Å². The number of halogens is 1. The van der Waals surface area contributed by atoms with Gasteiger partial charge in [0.2, 0.25) is 0 Å². The minimum atomic E-state index is 0.0920. The molecule has 5 nitrogen and oxygen atoms in total. The standard InChI is InChI=1S/C22H23BrN4O/c1-16-21(17(2)27(24-16)20-9-4-3-5-10-20)25-11-13-26(14-12-25)22(28)18-7-6-8-19(23)15-18/h3-10,15H,11-14H2,1-2H3. The number of hydrogen-bond donors (Lipinski definition) is 0. The maximum absolute atomic E-state index is 12.8. The maximum atomic E-state index is 12.8. The SMILES string of the molecule is Cc1nn(-c2ccccc2)c(C)c1N1CCN(C(=O)c2cccc(Br)c2)CC1. The van der Waals surface area contributed by atoms with Gasteiger partial charge in [0.1, 0.15) is 0 Å². The average Bonchev–Trinajstić information content (AvgIpc) is 3.02. The first-order valence-electron chi connectivity index (χ1n) is 9.46. The van der Waals surface area contributed by atoms with Crippen molar-refractivity contribution < 1.29 is 4.79 Å². The highest BCUT2D eigenvalue weighted by atomic mass is 79.9. The number of amides is 1. The lowest BCUT2D eigenvalue weighted by Gasteiger charge is -2.36. The van der Waals surface area contributed by atoms with Crippen molar-refractivity contribution in [2.45, 2.75) is 13.8 Å². The normalized spacial score (nSPS) is 14.4. The molecule has 1 aliphatic heterocycles. The Kier molecular flexibility index (Phi) is 5.22. The van der Waals surface area contributed by atoms with E-state index in [9.17, 15) is 4.79 Å². The molecule has 0 saturated carbocycles. The van der Waals surface area contributed by atoms with Gasteiger partial charge in [-0.25, -0.2) is 4.68 Å². The Balaban J connectivity index is 1.50. The van der Waals surface area contributed by atoms with Gasteiger partial charge in [-0.05, 0) is 44.2 Å². The lowest BCUT2D eigenvalue weighted by Crippen LogP contribution is -2.49. The Labute approximate surface area is 173 Å². The van der Waals surface area contributed by atoms with Crippen LogP contribution in [0, 0.1) is 13.8 Å². The number of anilines is 1. The van der Waals surface area contributed by atoms with Crippen LogP contribution in [0.3, 0.4) is 0 Å². The van der Waals surface area contributed by atoms with Crippen molar-refractivity contribution in [3.05, 3.63) is 76.0 Å². The minimum Gasteiger partial charge on any atom is -0.365 e. The average molecular weight is 439 g/mol. The quantitative estimate of drug-likeness (QED) is 0.614. The Bertz CT molecular complexity index is 991. The summed E-state index contributed by atoms with van der Waals surface area (Å²) in [5.74, 6) is 0.0920. The number of carbonyl (C=O) groups excluding carboxylic acids is 1.